The van der Waals surface area contributed by atoms with E-state index in [1.807, 2.05) is 12.3 Å². The highest BCUT2D eigenvalue weighted by atomic mass is 32.1. The minimum atomic E-state index is -0.974. The molecule has 0 bridgehead atoms. The first-order valence-corrected chi connectivity index (χ1v) is 6.29. The number of aromatic carboxylic acids is 1. The number of carboxylic acids is 1. The standard InChI is InChI=1S/C12H13N3O2S/c1-7-3-4-13-11(10(7)12(16)17)14-5-9-6-18-8(2)15-9/h3-4,6H,5H2,1-2H3,(H,13,14)(H,16,17). The summed E-state index contributed by atoms with van der Waals surface area (Å²) in [6.07, 6.45) is 1.59. The molecule has 0 unspecified atom stereocenters. The first-order chi connectivity index (χ1) is 8.58. The Hall–Kier alpha value is -1.95. The quantitative estimate of drug-likeness (QED) is 0.886. The van der Waals surface area contributed by atoms with Crippen molar-refractivity contribution in [3.63, 3.8) is 0 Å². The zero-order valence-corrected chi connectivity index (χ0v) is 10.9. The summed E-state index contributed by atoms with van der Waals surface area (Å²) in [6, 6.07) is 1.68. The molecule has 0 aromatic carbocycles. The summed E-state index contributed by atoms with van der Waals surface area (Å²) in [6.45, 7) is 4.16. The van der Waals surface area contributed by atoms with Gasteiger partial charge >= 0.3 is 5.97 Å². The first kappa shape index (κ1) is 12.5. The van der Waals surface area contributed by atoms with Crippen LogP contribution in [0.15, 0.2) is 17.6 Å². The van der Waals surface area contributed by atoms with E-state index in [-0.39, 0.29) is 5.56 Å². The highest BCUT2D eigenvalue weighted by Crippen LogP contribution is 2.17. The average Bonchev–Trinajstić information content (AvgIpc) is 2.72. The van der Waals surface area contributed by atoms with E-state index in [1.54, 1.807) is 30.5 Å². The highest BCUT2D eigenvalue weighted by Gasteiger charge is 2.14. The van der Waals surface area contributed by atoms with Crippen molar-refractivity contribution in [3.05, 3.63) is 39.5 Å². The fourth-order valence-corrected chi connectivity index (χ4v) is 2.24. The molecule has 0 amide bonds. The third kappa shape index (κ3) is 2.65. The Morgan fingerprint density at radius 3 is 2.89 bits per heavy atom. The summed E-state index contributed by atoms with van der Waals surface area (Å²) >= 11 is 1.57. The Labute approximate surface area is 109 Å². The number of aryl methyl sites for hydroxylation is 2. The summed E-state index contributed by atoms with van der Waals surface area (Å²) < 4.78 is 0. The second kappa shape index (κ2) is 5.14. The van der Waals surface area contributed by atoms with Gasteiger partial charge in [0, 0.05) is 11.6 Å². The van der Waals surface area contributed by atoms with Crippen LogP contribution in [0.3, 0.4) is 0 Å². The Bertz CT molecular complexity index is 580. The van der Waals surface area contributed by atoms with Crippen LogP contribution in [0.2, 0.25) is 0 Å². The molecular formula is C12H13N3O2S. The maximum absolute atomic E-state index is 11.2. The van der Waals surface area contributed by atoms with Crippen LogP contribution < -0.4 is 5.32 Å². The van der Waals surface area contributed by atoms with E-state index in [4.69, 9.17) is 5.11 Å². The van der Waals surface area contributed by atoms with E-state index in [0.29, 0.717) is 17.9 Å². The van der Waals surface area contributed by atoms with Gasteiger partial charge in [-0.15, -0.1) is 11.3 Å². The number of carboxylic acid groups (broad SMARTS) is 1. The van der Waals surface area contributed by atoms with Crippen molar-refractivity contribution in [1.29, 1.82) is 0 Å². The van der Waals surface area contributed by atoms with Crippen molar-refractivity contribution in [2.45, 2.75) is 20.4 Å². The van der Waals surface area contributed by atoms with Crippen LogP contribution in [0.25, 0.3) is 0 Å². The molecule has 18 heavy (non-hydrogen) atoms. The third-order valence-corrected chi connectivity index (χ3v) is 3.30. The van der Waals surface area contributed by atoms with Gasteiger partial charge in [0.05, 0.1) is 17.2 Å². The van der Waals surface area contributed by atoms with Gasteiger partial charge in [-0.1, -0.05) is 0 Å². The maximum Gasteiger partial charge on any atom is 0.339 e. The molecule has 5 nitrogen and oxygen atoms in total. The van der Waals surface area contributed by atoms with E-state index in [2.05, 4.69) is 15.3 Å². The number of aromatic nitrogens is 2. The molecule has 0 aliphatic rings. The number of pyridine rings is 1. The zero-order valence-electron chi connectivity index (χ0n) is 10.1. The fraction of sp³-hybridized carbons (Fsp3) is 0.250. The Balaban J connectivity index is 2.19. The van der Waals surface area contributed by atoms with E-state index >= 15 is 0 Å². The summed E-state index contributed by atoms with van der Waals surface area (Å²) in [7, 11) is 0. The van der Waals surface area contributed by atoms with Crippen LogP contribution >= 0.6 is 11.3 Å². The lowest BCUT2D eigenvalue weighted by atomic mass is 10.1. The van der Waals surface area contributed by atoms with Crippen LogP contribution in [0.5, 0.6) is 0 Å². The number of nitrogens with one attached hydrogen (secondary N) is 1. The SMILES string of the molecule is Cc1nc(CNc2nccc(C)c2C(=O)O)cs1. The number of carbonyl (C=O) groups is 1. The molecule has 2 heterocycles. The molecule has 0 radical (unpaired) electrons. The molecule has 0 atom stereocenters. The van der Waals surface area contributed by atoms with Crippen LogP contribution in [-0.4, -0.2) is 21.0 Å². The van der Waals surface area contributed by atoms with Gasteiger partial charge in [-0.25, -0.2) is 14.8 Å². The number of nitrogens with zero attached hydrogens (tertiary/aromatic N) is 2. The maximum atomic E-state index is 11.2. The number of thiazole rings is 1. The van der Waals surface area contributed by atoms with Gasteiger partial charge in [0.25, 0.3) is 0 Å². The van der Waals surface area contributed by atoms with Gasteiger partial charge in [-0.05, 0) is 25.5 Å². The number of rotatable bonds is 4. The summed E-state index contributed by atoms with van der Waals surface area (Å²) in [5, 5.41) is 15.1. The second-order valence-corrected chi connectivity index (χ2v) is 4.93. The summed E-state index contributed by atoms with van der Waals surface area (Å²) in [4.78, 5) is 19.5. The molecule has 2 aromatic rings. The van der Waals surface area contributed by atoms with Gasteiger partial charge < -0.3 is 10.4 Å². The van der Waals surface area contributed by atoms with Gasteiger partial charge in [0.1, 0.15) is 11.4 Å². The minimum absolute atomic E-state index is 0.212. The fourth-order valence-electron chi connectivity index (χ4n) is 1.63. The minimum Gasteiger partial charge on any atom is -0.478 e. The van der Waals surface area contributed by atoms with Crippen molar-refractivity contribution < 1.29 is 9.90 Å². The monoisotopic (exact) mass is 263 g/mol. The Morgan fingerprint density at radius 1 is 1.50 bits per heavy atom. The lowest BCUT2D eigenvalue weighted by molar-refractivity contribution is 0.0697. The molecule has 94 valence electrons. The third-order valence-electron chi connectivity index (χ3n) is 2.48. The van der Waals surface area contributed by atoms with E-state index in [0.717, 1.165) is 10.7 Å². The molecule has 2 rings (SSSR count). The van der Waals surface area contributed by atoms with Crippen LogP contribution in [-0.2, 0) is 6.54 Å². The van der Waals surface area contributed by atoms with Crippen molar-refractivity contribution in [3.8, 4) is 0 Å². The lowest BCUT2D eigenvalue weighted by Crippen LogP contribution is -2.10. The summed E-state index contributed by atoms with van der Waals surface area (Å²) in [5.41, 5.74) is 1.79. The molecule has 0 fully saturated rings. The number of hydrogen-bond acceptors (Lipinski definition) is 5. The molecule has 0 saturated carbocycles. The van der Waals surface area contributed by atoms with Gasteiger partial charge in [0.2, 0.25) is 0 Å². The number of hydrogen-bond donors (Lipinski definition) is 2. The molecule has 2 N–H and O–H groups in total. The molecule has 0 saturated heterocycles. The Morgan fingerprint density at radius 2 is 2.28 bits per heavy atom. The molecular weight excluding hydrogens is 250 g/mol. The van der Waals surface area contributed by atoms with Crippen molar-refractivity contribution >= 4 is 23.1 Å². The van der Waals surface area contributed by atoms with Crippen molar-refractivity contribution in [1.82, 2.24) is 9.97 Å². The molecule has 0 aliphatic carbocycles. The van der Waals surface area contributed by atoms with Gasteiger partial charge in [0.15, 0.2) is 0 Å². The van der Waals surface area contributed by atoms with Gasteiger partial charge in [-0.3, -0.25) is 0 Å². The predicted octanol–water partition coefficient (Wildman–Crippen LogP) is 2.47. The number of anilines is 1. The lowest BCUT2D eigenvalue weighted by Gasteiger charge is -2.09. The van der Waals surface area contributed by atoms with Crippen LogP contribution in [0.1, 0.15) is 26.6 Å². The second-order valence-electron chi connectivity index (χ2n) is 3.87. The first-order valence-electron chi connectivity index (χ1n) is 5.41. The molecule has 2 aromatic heterocycles. The predicted molar refractivity (Wildman–Crippen MR) is 70.1 cm³/mol. The molecule has 0 aliphatic heterocycles. The largest absolute Gasteiger partial charge is 0.478 e. The Kier molecular flexibility index (Phi) is 3.57. The van der Waals surface area contributed by atoms with E-state index in [1.165, 1.54) is 0 Å². The highest BCUT2D eigenvalue weighted by molar-refractivity contribution is 7.09. The zero-order chi connectivity index (χ0) is 13.1. The topological polar surface area (TPSA) is 75.1 Å². The average molecular weight is 263 g/mol. The summed E-state index contributed by atoms with van der Waals surface area (Å²) in [5.74, 6) is -0.592. The normalized spacial score (nSPS) is 10.3. The van der Waals surface area contributed by atoms with E-state index in [9.17, 15) is 4.79 Å². The van der Waals surface area contributed by atoms with Crippen molar-refractivity contribution in [2.75, 3.05) is 5.32 Å². The van der Waals surface area contributed by atoms with Crippen LogP contribution in [0, 0.1) is 13.8 Å². The smallest absolute Gasteiger partial charge is 0.339 e. The van der Waals surface area contributed by atoms with Crippen LogP contribution in [0.4, 0.5) is 5.82 Å². The molecule has 0 spiro atoms. The van der Waals surface area contributed by atoms with Gasteiger partial charge in [-0.2, -0.15) is 0 Å². The van der Waals surface area contributed by atoms with Crippen molar-refractivity contribution in [2.24, 2.45) is 0 Å². The van der Waals surface area contributed by atoms with E-state index < -0.39 is 5.97 Å². The molecule has 6 heteroatoms.